The molecular formula is C14H19FN2O3. The van der Waals surface area contributed by atoms with Crippen molar-refractivity contribution in [2.75, 3.05) is 44.8 Å². The largest absolute Gasteiger partial charge is 0.480 e. The summed E-state index contributed by atoms with van der Waals surface area (Å²) in [6.45, 7) is 2.93. The maximum atomic E-state index is 12.9. The van der Waals surface area contributed by atoms with E-state index in [0.717, 1.165) is 18.8 Å². The molecule has 6 heteroatoms. The predicted octanol–water partition coefficient (Wildman–Crippen LogP) is 1.05. The molecule has 0 amide bonds. The zero-order valence-corrected chi connectivity index (χ0v) is 11.5. The van der Waals surface area contributed by atoms with E-state index in [-0.39, 0.29) is 12.4 Å². The standard InChI is InChI=1S/C14H19FN2O3/c1-20-10-13(14(18)19)17-8-6-16(7-9-17)12-4-2-11(15)3-5-12/h2-5,13H,6-10H2,1H3,(H,18,19). The van der Waals surface area contributed by atoms with Gasteiger partial charge in [0.1, 0.15) is 11.9 Å². The molecular weight excluding hydrogens is 263 g/mol. The van der Waals surface area contributed by atoms with Crippen LogP contribution in [0, 0.1) is 5.82 Å². The van der Waals surface area contributed by atoms with Crippen molar-refractivity contribution in [2.45, 2.75) is 6.04 Å². The third-order valence-electron chi connectivity index (χ3n) is 3.56. The van der Waals surface area contributed by atoms with Gasteiger partial charge in [-0.2, -0.15) is 0 Å². The van der Waals surface area contributed by atoms with E-state index >= 15 is 0 Å². The van der Waals surface area contributed by atoms with Crippen LogP contribution in [0.5, 0.6) is 0 Å². The van der Waals surface area contributed by atoms with Crippen LogP contribution in [0.3, 0.4) is 0 Å². The van der Waals surface area contributed by atoms with E-state index in [1.165, 1.54) is 19.2 Å². The predicted molar refractivity (Wildman–Crippen MR) is 73.5 cm³/mol. The molecule has 1 N–H and O–H groups in total. The molecule has 0 aromatic heterocycles. The van der Waals surface area contributed by atoms with Crippen LogP contribution < -0.4 is 4.90 Å². The highest BCUT2D eigenvalue weighted by Gasteiger charge is 2.28. The van der Waals surface area contributed by atoms with Gasteiger partial charge in [-0.25, -0.2) is 4.39 Å². The summed E-state index contributed by atoms with van der Waals surface area (Å²) in [5, 5.41) is 9.19. The number of methoxy groups -OCH3 is 1. The second-order valence-electron chi connectivity index (χ2n) is 4.81. The molecule has 1 aliphatic heterocycles. The minimum absolute atomic E-state index is 0.186. The van der Waals surface area contributed by atoms with Gasteiger partial charge in [-0.3, -0.25) is 9.69 Å². The molecule has 1 atom stereocenters. The second kappa shape index (κ2) is 6.67. The molecule has 1 heterocycles. The highest BCUT2D eigenvalue weighted by atomic mass is 19.1. The molecule has 1 aromatic carbocycles. The van der Waals surface area contributed by atoms with Gasteiger partial charge in [0.2, 0.25) is 0 Å². The van der Waals surface area contributed by atoms with Crippen LogP contribution in [0.15, 0.2) is 24.3 Å². The van der Waals surface area contributed by atoms with Gasteiger partial charge in [-0.05, 0) is 24.3 Å². The molecule has 0 bridgehead atoms. The van der Waals surface area contributed by atoms with Crippen molar-refractivity contribution in [3.63, 3.8) is 0 Å². The van der Waals surface area contributed by atoms with Crippen molar-refractivity contribution in [3.8, 4) is 0 Å². The number of carboxylic acids is 1. The summed E-state index contributed by atoms with van der Waals surface area (Å²) in [7, 11) is 1.50. The molecule has 1 unspecified atom stereocenters. The first-order chi connectivity index (χ1) is 9.61. The summed E-state index contributed by atoms with van der Waals surface area (Å²) in [5.41, 5.74) is 0.963. The van der Waals surface area contributed by atoms with Crippen molar-refractivity contribution in [2.24, 2.45) is 0 Å². The lowest BCUT2D eigenvalue weighted by Crippen LogP contribution is -2.54. The number of ether oxygens (including phenoxy) is 1. The van der Waals surface area contributed by atoms with Gasteiger partial charge < -0.3 is 14.7 Å². The van der Waals surface area contributed by atoms with Crippen molar-refractivity contribution < 1.29 is 19.0 Å². The number of anilines is 1. The van der Waals surface area contributed by atoms with Gasteiger partial charge in [0.05, 0.1) is 6.61 Å². The van der Waals surface area contributed by atoms with Crippen LogP contribution in [0.4, 0.5) is 10.1 Å². The number of carboxylic acid groups (broad SMARTS) is 1. The lowest BCUT2D eigenvalue weighted by molar-refractivity contribution is -0.145. The third kappa shape index (κ3) is 3.46. The molecule has 110 valence electrons. The normalized spacial score (nSPS) is 18.0. The van der Waals surface area contributed by atoms with Crippen molar-refractivity contribution in [3.05, 3.63) is 30.1 Å². The summed E-state index contributed by atoms with van der Waals surface area (Å²) in [5.74, 6) is -1.11. The minimum atomic E-state index is -0.859. The molecule has 0 aliphatic carbocycles. The zero-order valence-electron chi connectivity index (χ0n) is 11.5. The van der Waals surface area contributed by atoms with E-state index in [2.05, 4.69) is 4.90 Å². The van der Waals surface area contributed by atoms with E-state index in [1.807, 2.05) is 4.90 Å². The van der Waals surface area contributed by atoms with Gasteiger partial charge in [0.25, 0.3) is 0 Å². The van der Waals surface area contributed by atoms with Crippen LogP contribution in [0.1, 0.15) is 0 Å². The van der Waals surface area contributed by atoms with Crippen LogP contribution in [-0.2, 0) is 9.53 Å². The Labute approximate surface area is 117 Å². The van der Waals surface area contributed by atoms with E-state index < -0.39 is 12.0 Å². The summed E-state index contributed by atoms with van der Waals surface area (Å²) < 4.78 is 17.9. The average molecular weight is 282 g/mol. The molecule has 0 radical (unpaired) electrons. The molecule has 1 fully saturated rings. The molecule has 1 aromatic rings. The summed E-state index contributed by atoms with van der Waals surface area (Å²) in [6.07, 6.45) is 0. The summed E-state index contributed by atoms with van der Waals surface area (Å²) in [4.78, 5) is 15.2. The first kappa shape index (κ1) is 14.7. The molecule has 2 rings (SSSR count). The molecule has 20 heavy (non-hydrogen) atoms. The Balaban J connectivity index is 1.94. The van der Waals surface area contributed by atoms with E-state index in [9.17, 15) is 14.3 Å². The summed E-state index contributed by atoms with van der Waals surface area (Å²) >= 11 is 0. The van der Waals surface area contributed by atoms with Gasteiger partial charge in [0.15, 0.2) is 0 Å². The number of rotatable bonds is 5. The van der Waals surface area contributed by atoms with Crippen molar-refractivity contribution in [1.82, 2.24) is 4.90 Å². The smallest absolute Gasteiger partial charge is 0.323 e. The van der Waals surface area contributed by atoms with Gasteiger partial charge in [0, 0.05) is 39.0 Å². The Morgan fingerprint density at radius 3 is 2.40 bits per heavy atom. The molecule has 0 spiro atoms. The average Bonchev–Trinajstić information content (AvgIpc) is 2.45. The number of hydrogen-bond donors (Lipinski definition) is 1. The van der Waals surface area contributed by atoms with E-state index in [4.69, 9.17) is 4.74 Å². The van der Waals surface area contributed by atoms with Crippen LogP contribution in [0.2, 0.25) is 0 Å². The Bertz CT molecular complexity index is 444. The molecule has 1 aliphatic rings. The SMILES string of the molecule is COCC(C(=O)O)N1CCN(c2ccc(F)cc2)CC1. The van der Waals surface area contributed by atoms with Crippen molar-refractivity contribution in [1.29, 1.82) is 0 Å². The lowest BCUT2D eigenvalue weighted by Gasteiger charge is -2.38. The topological polar surface area (TPSA) is 53.0 Å². The molecule has 5 nitrogen and oxygen atoms in total. The number of aliphatic carboxylic acids is 1. The van der Waals surface area contributed by atoms with Crippen LogP contribution in [-0.4, -0.2) is 61.9 Å². The lowest BCUT2D eigenvalue weighted by atomic mass is 10.2. The quantitative estimate of drug-likeness (QED) is 0.875. The number of halogens is 1. The number of piperazine rings is 1. The fourth-order valence-corrected chi connectivity index (χ4v) is 2.43. The van der Waals surface area contributed by atoms with Crippen molar-refractivity contribution >= 4 is 11.7 Å². The van der Waals surface area contributed by atoms with Gasteiger partial charge in [-0.1, -0.05) is 0 Å². The number of hydrogen-bond acceptors (Lipinski definition) is 4. The minimum Gasteiger partial charge on any atom is -0.480 e. The third-order valence-corrected chi connectivity index (χ3v) is 3.56. The highest BCUT2D eigenvalue weighted by molar-refractivity contribution is 5.73. The molecule has 0 saturated carbocycles. The number of carbonyl (C=O) groups is 1. The Morgan fingerprint density at radius 2 is 1.90 bits per heavy atom. The van der Waals surface area contributed by atoms with Crippen LogP contribution in [0.25, 0.3) is 0 Å². The molecule has 1 saturated heterocycles. The fourth-order valence-electron chi connectivity index (χ4n) is 2.43. The fraction of sp³-hybridized carbons (Fsp3) is 0.500. The monoisotopic (exact) mass is 282 g/mol. The van der Waals surface area contributed by atoms with Gasteiger partial charge in [-0.15, -0.1) is 0 Å². The number of nitrogens with zero attached hydrogens (tertiary/aromatic N) is 2. The van der Waals surface area contributed by atoms with E-state index in [1.54, 1.807) is 12.1 Å². The maximum absolute atomic E-state index is 12.9. The van der Waals surface area contributed by atoms with E-state index in [0.29, 0.717) is 13.1 Å². The van der Waals surface area contributed by atoms with Crippen LogP contribution >= 0.6 is 0 Å². The Kier molecular flexibility index (Phi) is 4.92. The zero-order chi connectivity index (χ0) is 14.5. The second-order valence-corrected chi connectivity index (χ2v) is 4.81. The van der Waals surface area contributed by atoms with Gasteiger partial charge >= 0.3 is 5.97 Å². The first-order valence-corrected chi connectivity index (χ1v) is 6.58. The Morgan fingerprint density at radius 1 is 1.30 bits per heavy atom. The number of benzene rings is 1. The maximum Gasteiger partial charge on any atom is 0.323 e. The first-order valence-electron chi connectivity index (χ1n) is 6.58. The Hall–Kier alpha value is -1.66. The highest BCUT2D eigenvalue weighted by Crippen LogP contribution is 2.17. The summed E-state index contributed by atoms with van der Waals surface area (Å²) in [6, 6.07) is 5.76.